The quantitative estimate of drug-likeness (QED) is 0.363. The Morgan fingerprint density at radius 2 is 0.885 bits per heavy atom. The Bertz CT molecular complexity index is 534. The Morgan fingerprint density at radius 1 is 0.615 bits per heavy atom. The Balaban J connectivity index is -0.00000132. The summed E-state index contributed by atoms with van der Waals surface area (Å²) in [6.45, 7) is 0.489. The number of nitrogens with one attached hydrogen (secondary N) is 2. The van der Waals surface area contributed by atoms with E-state index in [1.54, 1.807) is 24.3 Å². The standard InChI is InChI=1S/C16H22N4O2.4ClH/c17-11-1-5-13(6-2-11)19-9-15(21)16(22)10-20-14-7-3-12(18)4-8-14;;;;/h1-8,15-16,19-22H,9-10,17-18H2;4*1H. The number of hydrogen-bond acceptors (Lipinski definition) is 6. The molecule has 2 aromatic rings. The van der Waals surface area contributed by atoms with Gasteiger partial charge in [-0.05, 0) is 48.5 Å². The molecule has 26 heavy (non-hydrogen) atoms. The Labute approximate surface area is 178 Å². The van der Waals surface area contributed by atoms with Crippen molar-refractivity contribution in [1.29, 1.82) is 0 Å². The molecule has 2 atom stereocenters. The van der Waals surface area contributed by atoms with E-state index in [4.69, 9.17) is 11.5 Å². The van der Waals surface area contributed by atoms with Crippen LogP contribution in [0.4, 0.5) is 22.7 Å². The van der Waals surface area contributed by atoms with Gasteiger partial charge in [0.05, 0.1) is 12.2 Å². The molecule has 0 fully saturated rings. The molecule has 0 aliphatic carbocycles. The third-order valence-electron chi connectivity index (χ3n) is 3.30. The largest absolute Gasteiger partial charge is 0.399 e. The number of anilines is 4. The van der Waals surface area contributed by atoms with Gasteiger partial charge in [-0.1, -0.05) is 0 Å². The highest BCUT2D eigenvalue weighted by molar-refractivity contribution is 5.86. The number of rotatable bonds is 7. The maximum absolute atomic E-state index is 9.96. The maximum atomic E-state index is 9.96. The molecule has 0 saturated heterocycles. The highest BCUT2D eigenvalue weighted by atomic mass is 35.5. The van der Waals surface area contributed by atoms with Gasteiger partial charge in [0.2, 0.25) is 0 Å². The van der Waals surface area contributed by atoms with Gasteiger partial charge in [-0.2, -0.15) is 0 Å². The van der Waals surface area contributed by atoms with Crippen LogP contribution in [0.1, 0.15) is 0 Å². The highest BCUT2D eigenvalue weighted by Gasteiger charge is 2.15. The maximum Gasteiger partial charge on any atom is 0.0988 e. The average Bonchev–Trinajstić information content (AvgIpc) is 2.53. The predicted molar refractivity (Wildman–Crippen MR) is 120 cm³/mol. The molecule has 2 rings (SSSR count). The summed E-state index contributed by atoms with van der Waals surface area (Å²) < 4.78 is 0. The van der Waals surface area contributed by atoms with Gasteiger partial charge in [0.25, 0.3) is 0 Å². The minimum atomic E-state index is -0.890. The lowest BCUT2D eigenvalue weighted by Crippen LogP contribution is -2.37. The SMILES string of the molecule is Cl.Cl.Cl.Cl.Nc1ccc(NCC(O)C(O)CNc2ccc(N)cc2)cc1. The molecule has 0 aliphatic heterocycles. The Hall–Kier alpha value is -1.28. The molecule has 2 aromatic carbocycles. The molecule has 0 heterocycles. The van der Waals surface area contributed by atoms with Crippen LogP contribution in [-0.2, 0) is 0 Å². The van der Waals surface area contributed by atoms with E-state index >= 15 is 0 Å². The van der Waals surface area contributed by atoms with Crippen molar-refractivity contribution in [2.45, 2.75) is 12.2 Å². The van der Waals surface area contributed by atoms with Crippen molar-refractivity contribution in [3.8, 4) is 0 Å². The molecule has 2 unspecified atom stereocenters. The summed E-state index contributed by atoms with van der Waals surface area (Å²) in [5, 5.41) is 26.0. The number of nitrogens with two attached hydrogens (primary N) is 2. The zero-order valence-corrected chi connectivity index (χ0v) is 17.1. The zero-order chi connectivity index (χ0) is 15.9. The van der Waals surface area contributed by atoms with E-state index in [0.29, 0.717) is 11.4 Å². The van der Waals surface area contributed by atoms with Gasteiger partial charge < -0.3 is 32.3 Å². The van der Waals surface area contributed by atoms with Crippen LogP contribution < -0.4 is 22.1 Å². The Kier molecular flexibility index (Phi) is 16.8. The summed E-state index contributed by atoms with van der Waals surface area (Å²) in [4.78, 5) is 0. The van der Waals surface area contributed by atoms with Crippen molar-refractivity contribution in [2.75, 3.05) is 35.2 Å². The average molecular weight is 448 g/mol. The molecule has 6 nitrogen and oxygen atoms in total. The third-order valence-corrected chi connectivity index (χ3v) is 3.30. The summed E-state index contributed by atoms with van der Waals surface area (Å²) >= 11 is 0. The van der Waals surface area contributed by atoms with E-state index in [1.807, 2.05) is 24.3 Å². The van der Waals surface area contributed by atoms with E-state index < -0.39 is 12.2 Å². The van der Waals surface area contributed by atoms with Crippen LogP contribution in [0, 0.1) is 0 Å². The van der Waals surface area contributed by atoms with Gasteiger partial charge in [-0.3, -0.25) is 0 Å². The van der Waals surface area contributed by atoms with Crippen LogP contribution in [0.2, 0.25) is 0 Å². The number of aliphatic hydroxyl groups is 2. The second-order valence-electron chi connectivity index (χ2n) is 5.14. The first kappa shape index (κ1) is 29.5. The number of benzene rings is 2. The molecule has 10 heteroatoms. The second-order valence-corrected chi connectivity index (χ2v) is 5.14. The van der Waals surface area contributed by atoms with Gasteiger partial charge in [-0.25, -0.2) is 0 Å². The minimum absolute atomic E-state index is 0. The van der Waals surface area contributed by atoms with Gasteiger partial charge in [0.1, 0.15) is 0 Å². The lowest BCUT2D eigenvalue weighted by molar-refractivity contribution is 0.0363. The molecule has 150 valence electrons. The summed E-state index contributed by atoms with van der Waals surface area (Å²) in [7, 11) is 0. The fourth-order valence-electron chi connectivity index (χ4n) is 1.92. The van der Waals surface area contributed by atoms with Crippen molar-refractivity contribution >= 4 is 72.4 Å². The minimum Gasteiger partial charge on any atom is -0.399 e. The van der Waals surface area contributed by atoms with Gasteiger partial charge in [-0.15, -0.1) is 49.6 Å². The first-order valence-electron chi connectivity index (χ1n) is 7.09. The smallest absolute Gasteiger partial charge is 0.0988 e. The van der Waals surface area contributed by atoms with E-state index in [1.165, 1.54) is 0 Å². The number of nitrogen functional groups attached to an aromatic ring is 2. The van der Waals surface area contributed by atoms with Crippen molar-refractivity contribution < 1.29 is 10.2 Å². The van der Waals surface area contributed by atoms with Crippen molar-refractivity contribution in [1.82, 2.24) is 0 Å². The van der Waals surface area contributed by atoms with Crippen molar-refractivity contribution in [3.05, 3.63) is 48.5 Å². The lowest BCUT2D eigenvalue weighted by atomic mass is 10.2. The molecular formula is C16H26Cl4N4O2. The molecule has 0 radical (unpaired) electrons. The molecule has 8 N–H and O–H groups in total. The fraction of sp³-hybridized carbons (Fsp3) is 0.250. The van der Waals surface area contributed by atoms with E-state index in [0.717, 1.165) is 11.4 Å². The molecule has 0 aromatic heterocycles. The Morgan fingerprint density at radius 3 is 1.15 bits per heavy atom. The van der Waals surface area contributed by atoms with Crippen LogP contribution in [0.25, 0.3) is 0 Å². The zero-order valence-electron chi connectivity index (χ0n) is 13.9. The molecule has 0 spiro atoms. The molecule has 0 amide bonds. The van der Waals surface area contributed by atoms with Crippen LogP contribution in [0.5, 0.6) is 0 Å². The topological polar surface area (TPSA) is 117 Å². The third kappa shape index (κ3) is 10.0. The number of hydrogen-bond donors (Lipinski definition) is 6. The number of halogens is 4. The van der Waals surface area contributed by atoms with Crippen LogP contribution in [0.3, 0.4) is 0 Å². The summed E-state index contributed by atoms with van der Waals surface area (Å²) in [5.41, 5.74) is 14.2. The van der Waals surface area contributed by atoms with Crippen LogP contribution >= 0.6 is 49.6 Å². The summed E-state index contributed by atoms with van der Waals surface area (Å²) in [5.74, 6) is 0. The lowest BCUT2D eigenvalue weighted by Gasteiger charge is -2.20. The molecule has 0 aliphatic rings. The van der Waals surface area contributed by atoms with Crippen molar-refractivity contribution in [3.63, 3.8) is 0 Å². The van der Waals surface area contributed by atoms with Crippen molar-refractivity contribution in [2.24, 2.45) is 0 Å². The highest BCUT2D eigenvalue weighted by Crippen LogP contribution is 2.12. The van der Waals surface area contributed by atoms with E-state index in [-0.39, 0.29) is 62.7 Å². The molecular weight excluding hydrogens is 422 g/mol. The van der Waals surface area contributed by atoms with E-state index in [2.05, 4.69) is 10.6 Å². The van der Waals surface area contributed by atoms with E-state index in [9.17, 15) is 10.2 Å². The summed E-state index contributed by atoms with van der Waals surface area (Å²) in [6.07, 6.45) is -1.78. The van der Waals surface area contributed by atoms with Gasteiger partial charge in [0, 0.05) is 35.8 Å². The fourth-order valence-corrected chi connectivity index (χ4v) is 1.92. The molecule has 0 saturated carbocycles. The van der Waals surface area contributed by atoms with Crippen LogP contribution in [0.15, 0.2) is 48.5 Å². The number of aliphatic hydroxyl groups excluding tert-OH is 2. The normalized spacial score (nSPS) is 11.3. The molecule has 0 bridgehead atoms. The summed E-state index contributed by atoms with van der Waals surface area (Å²) in [6, 6.07) is 14.4. The van der Waals surface area contributed by atoms with Gasteiger partial charge in [0.15, 0.2) is 0 Å². The first-order chi connectivity index (χ1) is 10.5. The monoisotopic (exact) mass is 446 g/mol. The van der Waals surface area contributed by atoms with Gasteiger partial charge >= 0.3 is 0 Å². The van der Waals surface area contributed by atoms with Crippen LogP contribution in [-0.4, -0.2) is 35.5 Å². The first-order valence-corrected chi connectivity index (χ1v) is 7.09. The second kappa shape index (κ2) is 14.8. The predicted octanol–water partition coefficient (Wildman–Crippen LogP) is 2.78.